The number of aromatic amines is 1. The fraction of sp³-hybridized carbons (Fsp3) is 0.474. The SMILES string of the molecule is C[C@@H](N)CCC1NC=C(F)C=C1C1CCCN1c1ccc2nc[nH]c2n1. The number of dihydropyridines is 1. The molecule has 1 saturated heterocycles. The summed E-state index contributed by atoms with van der Waals surface area (Å²) >= 11 is 0. The Hall–Kier alpha value is -2.41. The Morgan fingerprint density at radius 2 is 2.31 bits per heavy atom. The molecule has 138 valence electrons. The van der Waals surface area contributed by atoms with E-state index in [2.05, 4.69) is 20.2 Å². The number of hydrogen-bond acceptors (Lipinski definition) is 5. The molecular formula is C19H25FN6. The number of rotatable bonds is 5. The van der Waals surface area contributed by atoms with Gasteiger partial charge in [0.15, 0.2) is 5.65 Å². The van der Waals surface area contributed by atoms with E-state index in [9.17, 15) is 4.39 Å². The number of imidazole rings is 1. The normalized spacial score (nSPS) is 24.3. The molecule has 4 rings (SSSR count). The smallest absolute Gasteiger partial charge is 0.159 e. The van der Waals surface area contributed by atoms with Crippen LogP contribution in [0, 0.1) is 0 Å². The van der Waals surface area contributed by atoms with E-state index in [-0.39, 0.29) is 24.0 Å². The Balaban J connectivity index is 1.61. The molecule has 1 fully saturated rings. The van der Waals surface area contributed by atoms with E-state index in [4.69, 9.17) is 10.7 Å². The van der Waals surface area contributed by atoms with E-state index in [1.165, 1.54) is 6.20 Å². The van der Waals surface area contributed by atoms with Gasteiger partial charge in [0.2, 0.25) is 0 Å². The first-order valence-corrected chi connectivity index (χ1v) is 9.27. The van der Waals surface area contributed by atoms with Gasteiger partial charge in [-0.05, 0) is 56.4 Å². The molecule has 26 heavy (non-hydrogen) atoms. The van der Waals surface area contributed by atoms with E-state index in [1.54, 1.807) is 12.4 Å². The molecule has 0 bridgehead atoms. The van der Waals surface area contributed by atoms with Crippen molar-refractivity contribution in [1.29, 1.82) is 0 Å². The predicted octanol–water partition coefficient (Wildman–Crippen LogP) is 2.76. The van der Waals surface area contributed by atoms with Crippen LogP contribution in [-0.2, 0) is 0 Å². The lowest BCUT2D eigenvalue weighted by molar-refractivity contribution is 0.492. The second-order valence-electron chi connectivity index (χ2n) is 7.24. The number of pyridine rings is 1. The molecule has 2 aliphatic heterocycles. The Kier molecular flexibility index (Phi) is 4.63. The number of nitrogens with one attached hydrogen (secondary N) is 2. The van der Waals surface area contributed by atoms with Gasteiger partial charge >= 0.3 is 0 Å². The second kappa shape index (κ2) is 7.07. The summed E-state index contributed by atoms with van der Waals surface area (Å²) in [4.78, 5) is 14.3. The molecule has 0 saturated carbocycles. The number of nitrogens with zero attached hydrogens (tertiary/aromatic N) is 3. The van der Waals surface area contributed by atoms with Gasteiger partial charge in [-0.3, -0.25) is 0 Å². The van der Waals surface area contributed by atoms with E-state index in [1.807, 2.05) is 19.1 Å². The van der Waals surface area contributed by atoms with Gasteiger partial charge in [-0.2, -0.15) is 0 Å². The largest absolute Gasteiger partial charge is 0.382 e. The van der Waals surface area contributed by atoms with Gasteiger partial charge in [0, 0.05) is 24.8 Å². The third kappa shape index (κ3) is 3.31. The summed E-state index contributed by atoms with van der Waals surface area (Å²) in [6.07, 6.45) is 8.67. The van der Waals surface area contributed by atoms with Crippen molar-refractivity contribution < 1.29 is 4.39 Å². The highest BCUT2D eigenvalue weighted by atomic mass is 19.1. The summed E-state index contributed by atoms with van der Waals surface area (Å²) in [6, 6.07) is 4.37. The average Bonchev–Trinajstić information content (AvgIpc) is 3.28. The molecule has 4 heterocycles. The van der Waals surface area contributed by atoms with Crippen molar-refractivity contribution in [2.75, 3.05) is 11.4 Å². The molecule has 4 N–H and O–H groups in total. The summed E-state index contributed by atoms with van der Waals surface area (Å²) in [5.41, 5.74) is 8.66. The molecular weight excluding hydrogens is 331 g/mol. The van der Waals surface area contributed by atoms with Crippen molar-refractivity contribution in [3.05, 3.63) is 42.1 Å². The molecule has 0 spiro atoms. The monoisotopic (exact) mass is 356 g/mol. The Bertz CT molecular complexity index is 839. The zero-order valence-electron chi connectivity index (χ0n) is 15.0. The summed E-state index contributed by atoms with van der Waals surface area (Å²) in [5.74, 6) is 0.687. The minimum atomic E-state index is -0.221. The van der Waals surface area contributed by atoms with Crippen molar-refractivity contribution in [1.82, 2.24) is 20.3 Å². The standard InChI is InChI=1S/C19H25FN6/c1-12(21)4-5-15-14(9-13(20)10-22-15)17-3-2-8-26(17)18-7-6-16-19(25-18)24-11-23-16/h6-7,9-12,15,17,22H,2-5,8,21H2,1H3,(H,23,24,25)/t12-,15?,17?/m1/s1. The average molecular weight is 356 g/mol. The first-order valence-electron chi connectivity index (χ1n) is 9.27. The van der Waals surface area contributed by atoms with Crippen molar-refractivity contribution in [3.63, 3.8) is 0 Å². The van der Waals surface area contributed by atoms with Crippen LogP contribution in [0.4, 0.5) is 10.2 Å². The number of aromatic nitrogens is 3. The van der Waals surface area contributed by atoms with Crippen molar-refractivity contribution in [3.8, 4) is 0 Å². The third-order valence-corrected chi connectivity index (χ3v) is 5.24. The highest BCUT2D eigenvalue weighted by Crippen LogP contribution is 2.33. The van der Waals surface area contributed by atoms with Crippen LogP contribution in [0.25, 0.3) is 11.2 Å². The summed E-state index contributed by atoms with van der Waals surface area (Å²) < 4.78 is 14.0. The van der Waals surface area contributed by atoms with Crippen LogP contribution < -0.4 is 16.0 Å². The first-order chi connectivity index (χ1) is 12.6. The second-order valence-corrected chi connectivity index (χ2v) is 7.24. The minimum Gasteiger partial charge on any atom is -0.382 e. The van der Waals surface area contributed by atoms with Crippen LogP contribution >= 0.6 is 0 Å². The Morgan fingerprint density at radius 3 is 3.15 bits per heavy atom. The van der Waals surface area contributed by atoms with Crippen molar-refractivity contribution >= 4 is 17.0 Å². The maximum absolute atomic E-state index is 14.0. The van der Waals surface area contributed by atoms with Crippen LogP contribution in [0.1, 0.15) is 32.6 Å². The Labute approximate surface area is 152 Å². The number of fused-ring (bicyclic) bond motifs is 1. The summed E-state index contributed by atoms with van der Waals surface area (Å²) in [7, 11) is 0. The lowest BCUT2D eigenvalue weighted by Crippen LogP contribution is -2.41. The van der Waals surface area contributed by atoms with Gasteiger partial charge in [0.05, 0.1) is 12.4 Å². The molecule has 7 heteroatoms. The maximum atomic E-state index is 14.0. The predicted molar refractivity (Wildman–Crippen MR) is 101 cm³/mol. The highest BCUT2D eigenvalue weighted by molar-refractivity contribution is 5.72. The fourth-order valence-electron chi connectivity index (χ4n) is 3.95. The lowest BCUT2D eigenvalue weighted by atomic mass is 9.90. The van der Waals surface area contributed by atoms with Gasteiger partial charge in [-0.25, -0.2) is 14.4 Å². The topological polar surface area (TPSA) is 82.9 Å². The first kappa shape index (κ1) is 17.0. The number of hydrogen-bond donors (Lipinski definition) is 3. The van der Waals surface area contributed by atoms with Gasteiger partial charge in [0.1, 0.15) is 17.2 Å². The van der Waals surface area contributed by atoms with E-state index in [0.29, 0.717) is 0 Å². The van der Waals surface area contributed by atoms with Gasteiger partial charge in [-0.15, -0.1) is 0 Å². The number of nitrogens with two attached hydrogens (primary N) is 1. The lowest BCUT2D eigenvalue weighted by Gasteiger charge is -2.34. The fourth-order valence-corrected chi connectivity index (χ4v) is 3.95. The molecule has 2 unspecified atom stereocenters. The molecule has 2 aromatic heterocycles. The zero-order valence-corrected chi connectivity index (χ0v) is 15.0. The van der Waals surface area contributed by atoms with Crippen LogP contribution in [-0.4, -0.2) is 39.6 Å². The van der Waals surface area contributed by atoms with Gasteiger partial charge in [-0.1, -0.05) is 0 Å². The van der Waals surface area contributed by atoms with Crippen LogP contribution in [0.2, 0.25) is 0 Å². The number of allylic oxidation sites excluding steroid dienone is 2. The third-order valence-electron chi connectivity index (χ3n) is 5.24. The van der Waals surface area contributed by atoms with Gasteiger partial charge in [0.25, 0.3) is 0 Å². The van der Waals surface area contributed by atoms with E-state index < -0.39 is 0 Å². The molecule has 0 aliphatic carbocycles. The number of H-pyrrole nitrogens is 1. The zero-order chi connectivity index (χ0) is 18.1. The molecule has 0 radical (unpaired) electrons. The van der Waals surface area contributed by atoms with E-state index >= 15 is 0 Å². The summed E-state index contributed by atoms with van der Waals surface area (Å²) in [6.45, 7) is 2.92. The molecule has 0 amide bonds. The number of anilines is 1. The van der Waals surface area contributed by atoms with E-state index in [0.717, 1.165) is 54.8 Å². The van der Waals surface area contributed by atoms with Gasteiger partial charge < -0.3 is 20.9 Å². The molecule has 2 aromatic rings. The van der Waals surface area contributed by atoms with Crippen LogP contribution in [0.5, 0.6) is 0 Å². The van der Waals surface area contributed by atoms with Crippen molar-refractivity contribution in [2.24, 2.45) is 5.73 Å². The molecule has 0 aromatic carbocycles. The molecule has 3 atom stereocenters. The minimum absolute atomic E-state index is 0.113. The Morgan fingerprint density at radius 1 is 1.42 bits per heavy atom. The van der Waals surface area contributed by atoms with Crippen LogP contribution in [0.15, 0.2) is 42.1 Å². The number of halogens is 1. The van der Waals surface area contributed by atoms with Crippen LogP contribution in [0.3, 0.4) is 0 Å². The molecule has 2 aliphatic rings. The highest BCUT2D eigenvalue weighted by Gasteiger charge is 2.33. The van der Waals surface area contributed by atoms with Crippen molar-refractivity contribution in [2.45, 2.75) is 50.7 Å². The molecule has 6 nitrogen and oxygen atoms in total. The quantitative estimate of drug-likeness (QED) is 0.767. The maximum Gasteiger partial charge on any atom is 0.159 e. The summed E-state index contributed by atoms with van der Waals surface area (Å²) in [5, 5.41) is 3.22.